The molecule has 154 valence electrons. The van der Waals surface area contributed by atoms with Gasteiger partial charge in [-0.15, -0.1) is 0 Å². The van der Waals surface area contributed by atoms with Crippen molar-refractivity contribution in [3.05, 3.63) is 59.0 Å². The Morgan fingerprint density at radius 3 is 3.00 bits per heavy atom. The number of likely N-dealkylation sites (tertiary alicyclic amines) is 1. The van der Waals surface area contributed by atoms with Gasteiger partial charge in [0.25, 0.3) is 5.91 Å². The van der Waals surface area contributed by atoms with Crippen molar-refractivity contribution in [2.45, 2.75) is 38.6 Å². The van der Waals surface area contributed by atoms with Gasteiger partial charge in [-0.3, -0.25) is 19.5 Å². The topological polar surface area (TPSA) is 63.4 Å². The van der Waals surface area contributed by atoms with Gasteiger partial charge in [0.05, 0.1) is 5.52 Å². The maximum absolute atomic E-state index is 13.3. The molecule has 0 bridgehead atoms. The lowest BCUT2D eigenvalue weighted by molar-refractivity contribution is 0.0652. The van der Waals surface area contributed by atoms with Crippen LogP contribution < -0.4 is 0 Å². The highest BCUT2D eigenvalue weighted by atomic mass is 16.2. The molecule has 0 saturated carbocycles. The van der Waals surface area contributed by atoms with Crippen LogP contribution in [0.25, 0.3) is 10.9 Å². The van der Waals surface area contributed by atoms with E-state index in [1.165, 1.54) is 11.3 Å². The minimum absolute atomic E-state index is 0.0608. The van der Waals surface area contributed by atoms with Gasteiger partial charge in [0, 0.05) is 61.7 Å². The lowest BCUT2D eigenvalue weighted by atomic mass is 9.83. The highest BCUT2D eigenvalue weighted by Gasteiger charge is 2.32. The van der Waals surface area contributed by atoms with Gasteiger partial charge in [0.2, 0.25) is 0 Å². The molecule has 2 atom stereocenters. The van der Waals surface area contributed by atoms with Crippen molar-refractivity contribution in [2.75, 3.05) is 20.1 Å². The molecule has 2 aliphatic rings. The second-order valence-corrected chi connectivity index (χ2v) is 8.63. The lowest BCUT2D eigenvalue weighted by Gasteiger charge is -2.37. The summed E-state index contributed by atoms with van der Waals surface area (Å²) in [5.74, 6) is 0.780. The van der Waals surface area contributed by atoms with E-state index in [-0.39, 0.29) is 11.8 Å². The Bertz CT molecular complexity index is 1110. The van der Waals surface area contributed by atoms with E-state index in [0.717, 1.165) is 55.4 Å². The Morgan fingerprint density at radius 2 is 2.17 bits per heavy atom. The molecule has 3 aromatic rings. The van der Waals surface area contributed by atoms with Crippen molar-refractivity contribution in [2.24, 2.45) is 10.9 Å². The van der Waals surface area contributed by atoms with Crippen molar-refractivity contribution in [3.8, 4) is 0 Å². The zero-order valence-electron chi connectivity index (χ0n) is 17.6. The molecule has 0 N–H and O–H groups in total. The molecule has 1 aromatic carbocycles. The summed E-state index contributed by atoms with van der Waals surface area (Å²) in [6.07, 6.45) is 6.90. The van der Waals surface area contributed by atoms with Crippen LogP contribution in [0, 0.1) is 5.92 Å². The first kappa shape index (κ1) is 19.0. The van der Waals surface area contributed by atoms with Crippen LogP contribution >= 0.6 is 0 Å². The fourth-order valence-corrected chi connectivity index (χ4v) is 5.09. The zero-order chi connectivity index (χ0) is 20.7. The molecule has 1 amide bonds. The number of fused-ring (bicyclic) bond motifs is 2. The third kappa shape index (κ3) is 3.30. The van der Waals surface area contributed by atoms with Gasteiger partial charge in [-0.05, 0) is 42.9 Å². The van der Waals surface area contributed by atoms with E-state index in [2.05, 4.69) is 40.2 Å². The fourth-order valence-electron chi connectivity index (χ4n) is 5.09. The number of rotatable bonds is 3. The molecular formula is C24H27N5O. The van der Waals surface area contributed by atoms with Crippen LogP contribution in [0.2, 0.25) is 0 Å². The summed E-state index contributed by atoms with van der Waals surface area (Å²) in [4.78, 5) is 24.0. The minimum Gasteiger partial charge on any atom is -0.336 e. The highest BCUT2D eigenvalue weighted by Crippen LogP contribution is 2.35. The number of aliphatic imine (C=N–C) groups is 1. The molecular weight excluding hydrogens is 374 g/mol. The van der Waals surface area contributed by atoms with Gasteiger partial charge in [0.1, 0.15) is 0 Å². The van der Waals surface area contributed by atoms with E-state index >= 15 is 0 Å². The number of hydrogen-bond donors (Lipinski definition) is 0. The molecule has 0 spiro atoms. The number of amides is 1. The third-order valence-electron chi connectivity index (χ3n) is 6.37. The van der Waals surface area contributed by atoms with Gasteiger partial charge in [-0.2, -0.15) is 5.10 Å². The average Bonchev–Trinajstić information content (AvgIpc) is 3.35. The molecule has 5 rings (SSSR count). The standard InChI is InChI=1S/C24H27N5O/c1-16-11-18(20-8-7-17(13-25-2)23-21(20)6-3-9-26-23)15-28(14-16)24(30)22-12-19-5-4-10-29(19)27-22/h3,6-9,12-13,16,18H,4-5,10-11,14-15H2,1-2H3/b25-13+/t16-,18+/m1/s1. The fraction of sp³-hybridized carbons (Fsp3) is 0.417. The second-order valence-electron chi connectivity index (χ2n) is 8.63. The van der Waals surface area contributed by atoms with Crippen LogP contribution in [-0.2, 0) is 13.0 Å². The first-order chi connectivity index (χ1) is 14.6. The van der Waals surface area contributed by atoms with Crippen LogP contribution in [0.5, 0.6) is 0 Å². The molecule has 1 saturated heterocycles. The molecule has 30 heavy (non-hydrogen) atoms. The van der Waals surface area contributed by atoms with Crippen LogP contribution in [0.3, 0.4) is 0 Å². The van der Waals surface area contributed by atoms with Crippen LogP contribution in [-0.4, -0.2) is 51.9 Å². The molecule has 0 unspecified atom stereocenters. The molecule has 2 aliphatic heterocycles. The maximum atomic E-state index is 13.3. The van der Waals surface area contributed by atoms with Crippen molar-refractivity contribution in [3.63, 3.8) is 0 Å². The van der Waals surface area contributed by atoms with Crippen LogP contribution in [0.4, 0.5) is 0 Å². The quantitative estimate of drug-likeness (QED) is 0.629. The molecule has 0 aliphatic carbocycles. The summed E-state index contributed by atoms with van der Waals surface area (Å²) >= 11 is 0. The Morgan fingerprint density at radius 1 is 1.27 bits per heavy atom. The first-order valence-electron chi connectivity index (χ1n) is 10.8. The van der Waals surface area contributed by atoms with Crippen molar-refractivity contribution in [1.82, 2.24) is 19.7 Å². The highest BCUT2D eigenvalue weighted by molar-refractivity contribution is 5.99. The maximum Gasteiger partial charge on any atom is 0.274 e. The number of benzene rings is 1. The number of pyridine rings is 1. The lowest BCUT2D eigenvalue weighted by Crippen LogP contribution is -2.42. The van der Waals surface area contributed by atoms with Gasteiger partial charge in [0.15, 0.2) is 5.69 Å². The van der Waals surface area contributed by atoms with E-state index in [9.17, 15) is 4.79 Å². The number of aromatic nitrogens is 3. The molecule has 2 aromatic heterocycles. The van der Waals surface area contributed by atoms with Crippen molar-refractivity contribution < 1.29 is 4.79 Å². The third-order valence-corrected chi connectivity index (χ3v) is 6.37. The second kappa shape index (κ2) is 7.67. The number of carbonyl (C=O) groups excluding carboxylic acids is 1. The molecule has 0 radical (unpaired) electrons. The minimum atomic E-state index is 0.0608. The normalized spacial score (nSPS) is 21.5. The van der Waals surface area contributed by atoms with Crippen molar-refractivity contribution in [1.29, 1.82) is 0 Å². The predicted octanol–water partition coefficient (Wildman–Crippen LogP) is 3.69. The Labute approximate surface area is 176 Å². The SMILES string of the molecule is C/N=C/c1ccc([C@H]2C[C@@H](C)CN(C(=O)c3cc4n(n3)CCC4)C2)c2cccnc12. The summed E-state index contributed by atoms with van der Waals surface area (Å²) in [6, 6.07) is 10.4. The van der Waals surface area contributed by atoms with E-state index in [1.807, 2.05) is 34.1 Å². The van der Waals surface area contributed by atoms with Gasteiger partial charge >= 0.3 is 0 Å². The zero-order valence-corrected chi connectivity index (χ0v) is 17.6. The van der Waals surface area contributed by atoms with E-state index in [0.29, 0.717) is 11.6 Å². The monoisotopic (exact) mass is 401 g/mol. The Kier molecular flexibility index (Phi) is 4.85. The summed E-state index contributed by atoms with van der Waals surface area (Å²) < 4.78 is 1.99. The molecule has 6 heteroatoms. The van der Waals surface area contributed by atoms with Gasteiger partial charge in [-0.1, -0.05) is 25.1 Å². The summed E-state index contributed by atoms with van der Waals surface area (Å²) in [6.45, 7) is 4.66. The van der Waals surface area contributed by atoms with Crippen LogP contribution in [0.1, 0.15) is 53.0 Å². The van der Waals surface area contributed by atoms with Crippen molar-refractivity contribution >= 4 is 23.0 Å². The largest absolute Gasteiger partial charge is 0.336 e. The number of nitrogens with zero attached hydrogens (tertiary/aromatic N) is 5. The summed E-state index contributed by atoms with van der Waals surface area (Å²) in [5, 5.41) is 5.73. The molecule has 6 nitrogen and oxygen atoms in total. The molecule has 4 heterocycles. The van der Waals surface area contributed by atoms with Crippen LogP contribution in [0.15, 0.2) is 41.5 Å². The molecule has 1 fully saturated rings. The van der Waals surface area contributed by atoms with E-state index in [1.54, 1.807) is 7.05 Å². The predicted molar refractivity (Wildman–Crippen MR) is 118 cm³/mol. The Balaban J connectivity index is 1.46. The van der Waals surface area contributed by atoms with Gasteiger partial charge < -0.3 is 4.90 Å². The number of hydrogen-bond acceptors (Lipinski definition) is 4. The summed E-state index contributed by atoms with van der Waals surface area (Å²) in [5.41, 5.74) is 5.05. The average molecular weight is 402 g/mol. The number of carbonyl (C=O) groups is 1. The smallest absolute Gasteiger partial charge is 0.274 e. The number of aryl methyl sites for hydroxylation is 2. The number of piperidine rings is 1. The summed E-state index contributed by atoms with van der Waals surface area (Å²) in [7, 11) is 1.78. The Hall–Kier alpha value is -3.02. The first-order valence-corrected chi connectivity index (χ1v) is 10.8. The van der Waals surface area contributed by atoms with Gasteiger partial charge in [-0.25, -0.2) is 0 Å². The van der Waals surface area contributed by atoms with E-state index < -0.39 is 0 Å². The van der Waals surface area contributed by atoms with E-state index in [4.69, 9.17) is 0 Å².